The van der Waals surface area contributed by atoms with Crippen molar-refractivity contribution in [3.63, 3.8) is 0 Å². The Balaban J connectivity index is 1.68. The fraction of sp³-hybridized carbons (Fsp3) is 0.333. The molecule has 0 saturated heterocycles. The van der Waals surface area contributed by atoms with Crippen molar-refractivity contribution in [2.24, 2.45) is 5.92 Å². The van der Waals surface area contributed by atoms with E-state index in [-0.39, 0.29) is 23.0 Å². The third kappa shape index (κ3) is 5.45. The summed E-state index contributed by atoms with van der Waals surface area (Å²) in [5.41, 5.74) is -1.25. The summed E-state index contributed by atoms with van der Waals surface area (Å²) in [6, 6.07) is 7.88. The zero-order chi connectivity index (χ0) is 22.9. The molecular weight excluding hydrogens is 431 g/mol. The maximum absolute atomic E-state index is 13.7. The number of hydrogen-bond acceptors (Lipinski definition) is 6. The van der Waals surface area contributed by atoms with Crippen molar-refractivity contribution in [1.29, 1.82) is 0 Å². The van der Waals surface area contributed by atoms with E-state index >= 15 is 0 Å². The smallest absolute Gasteiger partial charge is 0.370 e. The summed E-state index contributed by atoms with van der Waals surface area (Å²) in [7, 11) is 0. The summed E-state index contributed by atoms with van der Waals surface area (Å²) >= 11 is 0. The second-order valence-electron chi connectivity index (χ2n) is 7.64. The van der Waals surface area contributed by atoms with Crippen LogP contribution in [0.3, 0.4) is 0 Å². The van der Waals surface area contributed by atoms with Crippen LogP contribution in [0.1, 0.15) is 31.2 Å². The number of anilines is 3. The minimum Gasteiger partial charge on any atom is -0.370 e. The molecule has 0 aliphatic heterocycles. The highest BCUT2D eigenvalue weighted by Gasteiger charge is 2.32. The lowest BCUT2D eigenvalue weighted by Gasteiger charge is -2.14. The molecule has 0 radical (unpaired) electrons. The van der Waals surface area contributed by atoms with Gasteiger partial charge in [0, 0.05) is 31.4 Å². The molecule has 6 nitrogen and oxygen atoms in total. The summed E-state index contributed by atoms with van der Waals surface area (Å²) < 4.78 is 66.4. The van der Waals surface area contributed by atoms with Crippen molar-refractivity contribution in [1.82, 2.24) is 19.9 Å². The van der Waals surface area contributed by atoms with E-state index in [0.29, 0.717) is 18.3 Å². The van der Waals surface area contributed by atoms with Crippen LogP contribution in [0, 0.1) is 5.92 Å². The van der Waals surface area contributed by atoms with Crippen molar-refractivity contribution >= 4 is 17.3 Å². The quantitative estimate of drug-likeness (QED) is 0.455. The zero-order valence-corrected chi connectivity index (χ0v) is 16.9. The number of pyridine rings is 2. The van der Waals surface area contributed by atoms with E-state index in [9.17, 15) is 22.0 Å². The number of nitrogens with one attached hydrogen (secondary N) is 2. The van der Waals surface area contributed by atoms with Gasteiger partial charge < -0.3 is 10.6 Å². The predicted octanol–water partition coefficient (Wildman–Crippen LogP) is 5.63. The summed E-state index contributed by atoms with van der Waals surface area (Å²) in [5.74, 6) is -1.97. The molecular formula is C21H19F5N6. The highest BCUT2D eigenvalue weighted by atomic mass is 19.4. The van der Waals surface area contributed by atoms with Gasteiger partial charge in [-0.2, -0.15) is 22.0 Å². The van der Waals surface area contributed by atoms with Gasteiger partial charge in [-0.15, -0.1) is 0 Å². The summed E-state index contributed by atoms with van der Waals surface area (Å²) in [5, 5.41) is 5.97. The minimum atomic E-state index is -4.60. The minimum absolute atomic E-state index is 0.0597. The molecule has 0 bridgehead atoms. The number of alkyl halides is 5. The molecule has 0 unspecified atom stereocenters. The van der Waals surface area contributed by atoms with Crippen LogP contribution in [-0.4, -0.2) is 26.5 Å². The molecule has 3 heterocycles. The standard InChI is InChI=1S/C21H19F5N6/c1-20(22,23)15-4-2-3-14(30-15)19-31-17(28-11-12-5-6-12)10-18(32-19)29-13-7-8-27-16(9-13)21(24,25)26/h2-4,7-10,12H,5-6,11H2,1H3,(H2,27,28,29,31,32). The highest BCUT2D eigenvalue weighted by molar-refractivity contribution is 5.63. The molecule has 2 N–H and O–H groups in total. The van der Waals surface area contributed by atoms with Gasteiger partial charge >= 0.3 is 6.18 Å². The van der Waals surface area contributed by atoms with E-state index in [2.05, 4.69) is 30.6 Å². The fourth-order valence-corrected chi connectivity index (χ4v) is 2.90. The molecule has 0 spiro atoms. The van der Waals surface area contributed by atoms with Crippen molar-refractivity contribution in [3.05, 3.63) is 54.0 Å². The second-order valence-corrected chi connectivity index (χ2v) is 7.64. The Morgan fingerprint density at radius 3 is 2.38 bits per heavy atom. The van der Waals surface area contributed by atoms with Crippen molar-refractivity contribution in [2.45, 2.75) is 31.9 Å². The van der Waals surface area contributed by atoms with Gasteiger partial charge in [-0.3, -0.25) is 4.98 Å². The maximum Gasteiger partial charge on any atom is 0.433 e. The first kappa shape index (κ1) is 21.8. The zero-order valence-electron chi connectivity index (χ0n) is 16.9. The van der Waals surface area contributed by atoms with Gasteiger partial charge in [-0.1, -0.05) is 6.07 Å². The fourth-order valence-electron chi connectivity index (χ4n) is 2.90. The van der Waals surface area contributed by atoms with Crippen LogP contribution in [-0.2, 0) is 12.1 Å². The maximum atomic E-state index is 13.7. The van der Waals surface area contributed by atoms with E-state index in [4.69, 9.17) is 0 Å². The third-order valence-electron chi connectivity index (χ3n) is 4.75. The summed E-state index contributed by atoms with van der Waals surface area (Å²) in [6.45, 7) is 1.41. The van der Waals surface area contributed by atoms with Crippen molar-refractivity contribution < 1.29 is 22.0 Å². The lowest BCUT2D eigenvalue weighted by atomic mass is 10.2. The first-order valence-electron chi connectivity index (χ1n) is 9.87. The molecule has 3 aromatic heterocycles. The van der Waals surface area contributed by atoms with Gasteiger partial charge in [-0.05, 0) is 43.0 Å². The van der Waals surface area contributed by atoms with E-state index in [1.807, 2.05) is 0 Å². The largest absolute Gasteiger partial charge is 0.433 e. The molecule has 168 valence electrons. The molecule has 1 aliphatic rings. The Hall–Kier alpha value is -3.37. The van der Waals surface area contributed by atoms with E-state index in [0.717, 1.165) is 32.0 Å². The van der Waals surface area contributed by atoms with Crippen molar-refractivity contribution in [3.8, 4) is 11.5 Å². The molecule has 0 amide bonds. The predicted molar refractivity (Wildman–Crippen MR) is 109 cm³/mol. The second kappa shape index (κ2) is 8.29. The number of aromatic nitrogens is 4. The first-order valence-corrected chi connectivity index (χ1v) is 9.87. The summed E-state index contributed by atoms with van der Waals surface area (Å²) in [6.07, 6.45) is -1.36. The average molecular weight is 450 g/mol. The molecule has 1 aliphatic carbocycles. The molecule has 3 aromatic rings. The SMILES string of the molecule is CC(F)(F)c1cccc(-c2nc(NCC3CC3)cc(Nc3ccnc(C(F)(F)F)c3)n2)n1. The molecule has 4 rings (SSSR count). The Morgan fingerprint density at radius 1 is 0.938 bits per heavy atom. The van der Waals surface area contributed by atoms with Crippen LogP contribution < -0.4 is 10.6 Å². The van der Waals surface area contributed by atoms with Gasteiger partial charge in [0.1, 0.15) is 28.7 Å². The topological polar surface area (TPSA) is 75.6 Å². The van der Waals surface area contributed by atoms with Gasteiger partial charge in [0.05, 0.1) is 0 Å². The van der Waals surface area contributed by atoms with Gasteiger partial charge in [0.15, 0.2) is 5.82 Å². The summed E-state index contributed by atoms with van der Waals surface area (Å²) in [4.78, 5) is 15.9. The van der Waals surface area contributed by atoms with E-state index in [1.54, 1.807) is 0 Å². The van der Waals surface area contributed by atoms with Crippen LogP contribution in [0.5, 0.6) is 0 Å². The molecule has 1 saturated carbocycles. The number of rotatable bonds is 7. The Bertz CT molecular complexity index is 1110. The normalized spacial score (nSPS) is 14.3. The lowest BCUT2D eigenvalue weighted by molar-refractivity contribution is -0.141. The van der Waals surface area contributed by atoms with Crippen LogP contribution in [0.15, 0.2) is 42.6 Å². The van der Waals surface area contributed by atoms with Gasteiger partial charge in [-0.25, -0.2) is 15.0 Å². The van der Waals surface area contributed by atoms with Crippen LogP contribution in [0.4, 0.5) is 39.3 Å². The van der Waals surface area contributed by atoms with E-state index < -0.39 is 23.5 Å². The van der Waals surface area contributed by atoms with Crippen LogP contribution >= 0.6 is 0 Å². The first-order chi connectivity index (χ1) is 15.1. The third-order valence-corrected chi connectivity index (χ3v) is 4.75. The van der Waals surface area contributed by atoms with Crippen LogP contribution in [0.2, 0.25) is 0 Å². The molecule has 0 aromatic carbocycles. The molecule has 11 heteroatoms. The lowest BCUT2D eigenvalue weighted by Crippen LogP contribution is -2.11. The van der Waals surface area contributed by atoms with E-state index in [1.165, 1.54) is 30.3 Å². The highest BCUT2D eigenvalue weighted by Crippen LogP contribution is 2.32. The molecule has 1 fully saturated rings. The molecule has 0 atom stereocenters. The van der Waals surface area contributed by atoms with Gasteiger partial charge in [0.2, 0.25) is 0 Å². The Kier molecular flexibility index (Phi) is 5.66. The monoisotopic (exact) mass is 450 g/mol. The average Bonchev–Trinajstić information content (AvgIpc) is 3.56. The Labute approximate surface area is 180 Å². The number of hydrogen-bond donors (Lipinski definition) is 2. The number of halogens is 5. The molecule has 32 heavy (non-hydrogen) atoms. The Morgan fingerprint density at radius 2 is 1.69 bits per heavy atom. The van der Waals surface area contributed by atoms with Gasteiger partial charge in [0.25, 0.3) is 5.92 Å². The number of nitrogens with zero attached hydrogens (tertiary/aromatic N) is 4. The van der Waals surface area contributed by atoms with Crippen LogP contribution in [0.25, 0.3) is 11.5 Å². The van der Waals surface area contributed by atoms with Crippen molar-refractivity contribution in [2.75, 3.05) is 17.2 Å².